The molecule has 0 spiro atoms. The predicted octanol–water partition coefficient (Wildman–Crippen LogP) is 3.30. The van der Waals surface area contributed by atoms with Crippen LogP contribution in [0.3, 0.4) is 0 Å². The molecule has 8 heteroatoms. The zero-order valence-corrected chi connectivity index (χ0v) is 18.3. The third-order valence-electron chi connectivity index (χ3n) is 5.18. The summed E-state index contributed by atoms with van der Waals surface area (Å²) in [7, 11) is 0. The van der Waals surface area contributed by atoms with Crippen molar-refractivity contribution in [1.82, 2.24) is 4.90 Å². The van der Waals surface area contributed by atoms with E-state index in [9.17, 15) is 15.8 Å². The molecule has 0 unspecified atom stereocenters. The van der Waals surface area contributed by atoms with Crippen molar-refractivity contribution < 1.29 is 5.11 Å². The Kier molecular flexibility index (Phi) is 9.37. The van der Waals surface area contributed by atoms with E-state index in [1.165, 1.54) is 11.3 Å². The zero-order valence-electron chi connectivity index (χ0n) is 16.6. The second-order valence-corrected chi connectivity index (χ2v) is 7.59. The summed E-state index contributed by atoms with van der Waals surface area (Å²) in [6.07, 6.45) is 3.08. The number of aliphatic hydroxyl groups excluding tert-OH is 1. The first kappa shape index (κ1) is 24.7. The highest BCUT2D eigenvalue weighted by Gasteiger charge is 2.54. The van der Waals surface area contributed by atoms with Gasteiger partial charge in [-0.15, -0.1) is 12.4 Å². The fourth-order valence-electron chi connectivity index (χ4n) is 4.07. The molecule has 0 aromatic carbocycles. The lowest BCUT2D eigenvalue weighted by Gasteiger charge is -2.45. The van der Waals surface area contributed by atoms with E-state index in [-0.39, 0.29) is 36.5 Å². The Hall–Kier alpha value is -2.34. The lowest BCUT2D eigenvalue weighted by molar-refractivity contribution is 0.207. The number of fused-ring (bicyclic) bond motifs is 1. The summed E-state index contributed by atoms with van der Waals surface area (Å²) in [5.74, 6) is -0.451. The van der Waals surface area contributed by atoms with Gasteiger partial charge in [-0.25, -0.2) is 0 Å². The van der Waals surface area contributed by atoms with Crippen LogP contribution in [0, 0.1) is 45.3 Å². The van der Waals surface area contributed by atoms with Crippen LogP contribution in [-0.2, 0) is 0 Å². The topological polar surface area (TPSA) is 121 Å². The summed E-state index contributed by atoms with van der Waals surface area (Å²) in [6.45, 7) is 6.50. The smallest absolute Gasteiger partial charge is 0.191 e. The van der Waals surface area contributed by atoms with Crippen molar-refractivity contribution in [3.8, 4) is 18.2 Å². The first-order valence-electron chi connectivity index (χ1n) is 9.33. The molecule has 0 amide bonds. The second-order valence-electron chi connectivity index (χ2n) is 6.81. The second kappa shape index (κ2) is 11.0. The number of aliphatic hydroxyl groups is 1. The van der Waals surface area contributed by atoms with E-state index in [0.29, 0.717) is 5.57 Å². The van der Waals surface area contributed by atoms with Crippen LogP contribution in [0.25, 0.3) is 0 Å². The van der Waals surface area contributed by atoms with Crippen LogP contribution in [0.2, 0.25) is 0 Å². The van der Waals surface area contributed by atoms with Crippen LogP contribution in [-0.4, -0.2) is 36.2 Å². The zero-order chi connectivity index (χ0) is 20.7. The number of hydrogen-bond acceptors (Lipinski definition) is 7. The van der Waals surface area contributed by atoms with E-state index in [0.717, 1.165) is 37.2 Å². The summed E-state index contributed by atoms with van der Waals surface area (Å²) in [6, 6.07) is 8.44. The Bertz CT molecular complexity index is 858. The van der Waals surface area contributed by atoms with Crippen molar-refractivity contribution in [2.24, 2.45) is 17.1 Å². The molecule has 0 radical (unpaired) electrons. The number of rotatable bonds is 3. The molecule has 0 fully saturated rings. The maximum absolute atomic E-state index is 9.93. The van der Waals surface area contributed by atoms with Gasteiger partial charge in [0.1, 0.15) is 6.07 Å². The van der Waals surface area contributed by atoms with E-state index in [4.69, 9.17) is 10.8 Å². The average molecular weight is 432 g/mol. The molecule has 1 aromatic rings. The van der Waals surface area contributed by atoms with Crippen LogP contribution < -0.4 is 5.73 Å². The highest BCUT2D eigenvalue weighted by atomic mass is 35.5. The number of nitrogens with two attached hydrogens (primary N) is 1. The summed E-state index contributed by atoms with van der Waals surface area (Å²) in [4.78, 5) is 2.31. The van der Waals surface area contributed by atoms with Crippen LogP contribution in [0.5, 0.6) is 0 Å². The first-order valence-corrected chi connectivity index (χ1v) is 10.3. The van der Waals surface area contributed by atoms with Gasteiger partial charge in [0, 0.05) is 31.5 Å². The number of halogens is 1. The molecular weight excluding hydrogens is 406 g/mol. The monoisotopic (exact) mass is 431 g/mol. The number of thiophene rings is 1. The molecular formula is C21H26ClN5OS. The normalized spacial score (nSPS) is 22.4. The standard InChI is InChI=1S/C19H19N5S.C2H6O.ClH/c1-2-5-24-6-3-14-15(8-20)18(23)19(11-21,12-22)17(16(14)9-24)13-4-7-25-10-13;1-2-3;/h3-4,7,10,16-17H,2,5-6,9,23H2,1H3;3H,2H2,1H3;1H/t16-,17+;;/m0../s1. The molecule has 29 heavy (non-hydrogen) atoms. The average Bonchev–Trinajstić information content (AvgIpc) is 3.22. The predicted molar refractivity (Wildman–Crippen MR) is 116 cm³/mol. The molecule has 2 aliphatic rings. The molecule has 3 rings (SSSR count). The number of nitriles is 3. The van der Waals surface area contributed by atoms with Crippen molar-refractivity contribution in [3.63, 3.8) is 0 Å². The highest BCUT2D eigenvalue weighted by Crippen LogP contribution is 2.54. The van der Waals surface area contributed by atoms with Crippen LogP contribution in [0.1, 0.15) is 31.7 Å². The van der Waals surface area contributed by atoms with E-state index in [2.05, 4.69) is 30.0 Å². The molecule has 1 aliphatic heterocycles. The van der Waals surface area contributed by atoms with Crippen molar-refractivity contribution in [2.75, 3.05) is 26.2 Å². The Morgan fingerprint density at radius 1 is 1.31 bits per heavy atom. The molecule has 3 N–H and O–H groups in total. The van der Waals surface area contributed by atoms with E-state index in [1.807, 2.05) is 22.9 Å². The fraction of sp³-hybridized carbons (Fsp3) is 0.476. The number of nitrogens with zero attached hydrogens (tertiary/aromatic N) is 4. The molecule has 0 saturated heterocycles. The van der Waals surface area contributed by atoms with Gasteiger partial charge in [-0.3, -0.25) is 4.90 Å². The van der Waals surface area contributed by atoms with Crippen molar-refractivity contribution >= 4 is 23.7 Å². The minimum Gasteiger partial charge on any atom is -0.399 e. The van der Waals surface area contributed by atoms with Crippen LogP contribution in [0.15, 0.2) is 39.7 Å². The Morgan fingerprint density at radius 2 is 1.97 bits per heavy atom. The third-order valence-corrected chi connectivity index (χ3v) is 5.88. The lowest BCUT2D eigenvalue weighted by atomic mass is 9.58. The summed E-state index contributed by atoms with van der Waals surface area (Å²) in [5.41, 5.74) is 6.99. The molecule has 2 heterocycles. The van der Waals surface area contributed by atoms with Crippen LogP contribution >= 0.6 is 23.7 Å². The van der Waals surface area contributed by atoms with Crippen LogP contribution in [0.4, 0.5) is 0 Å². The first-order chi connectivity index (χ1) is 13.5. The van der Waals surface area contributed by atoms with Crippen molar-refractivity contribution in [2.45, 2.75) is 26.2 Å². The van der Waals surface area contributed by atoms with E-state index >= 15 is 0 Å². The lowest BCUT2D eigenvalue weighted by Crippen LogP contribution is -2.48. The molecule has 154 valence electrons. The van der Waals surface area contributed by atoms with E-state index < -0.39 is 5.41 Å². The third kappa shape index (κ3) is 4.47. The van der Waals surface area contributed by atoms with Gasteiger partial charge in [-0.2, -0.15) is 27.1 Å². The quantitative estimate of drug-likeness (QED) is 0.757. The molecule has 6 nitrogen and oxygen atoms in total. The molecule has 0 bridgehead atoms. The van der Waals surface area contributed by atoms with Crippen molar-refractivity contribution in [1.29, 1.82) is 15.8 Å². The van der Waals surface area contributed by atoms with Crippen molar-refractivity contribution in [3.05, 3.63) is 45.3 Å². The molecule has 2 atom stereocenters. The Morgan fingerprint density at radius 3 is 2.45 bits per heavy atom. The summed E-state index contributed by atoms with van der Waals surface area (Å²) < 4.78 is 0. The molecule has 0 saturated carbocycles. The Labute approximate surface area is 182 Å². The highest BCUT2D eigenvalue weighted by molar-refractivity contribution is 7.08. The minimum atomic E-state index is -1.51. The summed E-state index contributed by atoms with van der Waals surface area (Å²) >= 11 is 1.54. The fourth-order valence-corrected chi connectivity index (χ4v) is 4.76. The maximum Gasteiger partial charge on any atom is 0.191 e. The van der Waals surface area contributed by atoms with Gasteiger partial charge in [-0.05, 0) is 47.9 Å². The number of hydrogen-bond donors (Lipinski definition) is 2. The van der Waals surface area contributed by atoms with Gasteiger partial charge in [0.25, 0.3) is 0 Å². The largest absolute Gasteiger partial charge is 0.399 e. The van der Waals surface area contributed by atoms with Gasteiger partial charge >= 0.3 is 0 Å². The van der Waals surface area contributed by atoms with Gasteiger partial charge in [-0.1, -0.05) is 13.0 Å². The van der Waals surface area contributed by atoms with E-state index in [1.54, 1.807) is 6.92 Å². The van der Waals surface area contributed by atoms with Gasteiger partial charge in [0.15, 0.2) is 5.41 Å². The Balaban J connectivity index is 0.000000990. The minimum absolute atomic E-state index is 0. The SMILES string of the molecule is CCCN1CC=C2C(C#N)=C(N)C(C#N)(C#N)[C@H](c3ccsc3)[C@H]2C1.CCO.Cl. The molecule has 1 aliphatic carbocycles. The maximum atomic E-state index is 9.93. The van der Waals surface area contributed by atoms with Gasteiger partial charge in [0.05, 0.1) is 23.4 Å². The number of allylic oxidation sites excluding steroid dienone is 2. The van der Waals surface area contributed by atoms with Gasteiger partial charge < -0.3 is 10.8 Å². The summed E-state index contributed by atoms with van der Waals surface area (Å²) in [5, 5.41) is 41.0. The van der Waals surface area contributed by atoms with Gasteiger partial charge in [0.2, 0.25) is 0 Å². The molecule has 1 aromatic heterocycles.